The SMILES string of the molecule is CCN(CC)c1ccccc1.F.F.F.F.F.F.[O]=[Sb]([OH])[OH].[O]=[Sb]([OH])[OH].[O]=[Sb]([OH])[OH].[O]=[Sb]([OH])[OH].[O]=[Sb]([OH])[OH].[O]=[Sb]([OH])[OH]. The van der Waals surface area contributed by atoms with Gasteiger partial charge in [-0.2, -0.15) is 0 Å². The number of benzene rings is 1. The first-order chi connectivity index (χ1) is 15.8. The van der Waals surface area contributed by atoms with Crippen LogP contribution in [0.25, 0.3) is 0 Å². The van der Waals surface area contributed by atoms with E-state index in [-0.39, 0.29) is 28.2 Å². The van der Waals surface area contributed by atoms with Crippen molar-refractivity contribution in [1.82, 2.24) is 0 Å². The topological polar surface area (TPSA) is 348 Å². The van der Waals surface area contributed by atoms with E-state index in [0.29, 0.717) is 0 Å². The van der Waals surface area contributed by atoms with Crippen LogP contribution in [0.2, 0.25) is 0 Å². The first-order valence-corrected chi connectivity index (χ1v) is 27.6. The molecule has 0 unspecified atom stereocenters. The maximum absolute atomic E-state index is 8.82. The zero-order chi connectivity index (χ0) is 29.6. The third kappa shape index (κ3) is 209. The van der Waals surface area contributed by atoms with Crippen molar-refractivity contribution >= 4 is 132 Å². The Morgan fingerprint density at radius 2 is 0.585 bits per heavy atom. The van der Waals surface area contributed by atoms with Crippen LogP contribution in [-0.2, 0) is 18.1 Å². The number of para-hydroxylation sites is 1. The normalized spacial score (nSPS) is 6.39. The predicted molar refractivity (Wildman–Crippen MR) is 130 cm³/mol. The van der Waals surface area contributed by atoms with Crippen molar-refractivity contribution in [3.05, 3.63) is 30.3 Å². The van der Waals surface area contributed by atoms with Crippen LogP contribution in [0.4, 0.5) is 33.9 Å². The van der Waals surface area contributed by atoms with Crippen molar-refractivity contribution in [1.29, 1.82) is 0 Å². The summed E-state index contributed by atoms with van der Waals surface area (Å²) in [7, 11) is 0. The summed E-state index contributed by atoms with van der Waals surface area (Å²) in [5.74, 6) is 0. The van der Waals surface area contributed by atoms with Crippen molar-refractivity contribution in [2.24, 2.45) is 0 Å². The van der Waals surface area contributed by atoms with E-state index in [9.17, 15) is 0 Å². The molecule has 12 N–H and O–H groups in total. The van der Waals surface area contributed by atoms with Crippen LogP contribution in [-0.4, -0.2) is 180 Å². The summed E-state index contributed by atoms with van der Waals surface area (Å²) in [6, 6.07) is 10.5. The van der Waals surface area contributed by atoms with Crippen molar-refractivity contribution in [2.45, 2.75) is 13.8 Å². The average Bonchev–Trinajstić information content (AvgIpc) is 2.61. The van der Waals surface area contributed by atoms with Gasteiger partial charge in [0.2, 0.25) is 0 Å². The van der Waals surface area contributed by atoms with Crippen molar-refractivity contribution in [2.75, 3.05) is 18.0 Å². The Kier molecular flexibility index (Phi) is 124. The van der Waals surface area contributed by atoms with Crippen molar-refractivity contribution in [3.63, 3.8) is 0 Å². The van der Waals surface area contributed by atoms with Gasteiger partial charge in [-0.05, 0) is 26.0 Å². The summed E-state index contributed by atoms with van der Waals surface area (Å²) < 4.78 is 140. The van der Waals surface area contributed by atoms with Crippen LogP contribution in [0.1, 0.15) is 13.8 Å². The third-order valence-electron chi connectivity index (χ3n) is 1.88. The Labute approximate surface area is 277 Å². The molecule has 41 heavy (non-hydrogen) atoms. The third-order valence-corrected chi connectivity index (χ3v) is 1.88. The summed E-state index contributed by atoms with van der Waals surface area (Å²) in [6.45, 7) is 6.52. The molecule has 31 heteroatoms. The van der Waals surface area contributed by atoms with Crippen LogP contribution >= 0.6 is 0 Å². The van der Waals surface area contributed by atoms with E-state index < -0.39 is 126 Å². The molecule has 0 heterocycles. The van der Waals surface area contributed by atoms with Crippen LogP contribution < -0.4 is 4.90 Å². The molecule has 1 aromatic carbocycles. The molecule has 0 aromatic heterocycles. The number of rotatable bonds is 3. The molecule has 0 saturated carbocycles. The molecule has 0 aliphatic rings. The number of halogens is 6. The number of hydrogen-bond donors (Lipinski definition) is 12. The minimum absolute atomic E-state index is 0. The Hall–Kier alpha value is 1.83. The number of nitrogens with zero attached hydrogens (tertiary/aromatic N) is 1. The summed E-state index contributed by atoms with van der Waals surface area (Å²) in [4.78, 5) is 2.33. The van der Waals surface area contributed by atoms with E-state index >= 15 is 0 Å². The molecule has 0 aliphatic carbocycles. The van der Waals surface area contributed by atoms with E-state index in [1.54, 1.807) is 0 Å². The van der Waals surface area contributed by atoms with Crippen LogP contribution in [0.5, 0.6) is 0 Å². The van der Waals surface area contributed by atoms with Crippen LogP contribution in [0.15, 0.2) is 30.3 Å². The molecule has 0 amide bonds. The molecule has 0 saturated heterocycles. The predicted octanol–water partition coefficient (Wildman–Crippen LogP) is -6.23. The molecule has 6 radical (unpaired) electrons. The molecule has 0 spiro atoms. The molecule has 0 aliphatic heterocycles. The molecule has 0 fully saturated rings. The summed E-state index contributed by atoms with van der Waals surface area (Å²) in [6.07, 6.45) is 0. The van der Waals surface area contributed by atoms with Crippen LogP contribution in [0, 0.1) is 0 Å². The van der Waals surface area contributed by atoms with E-state index in [1.165, 1.54) is 5.69 Å². The second-order valence-electron chi connectivity index (χ2n) is 4.02. The van der Waals surface area contributed by atoms with Gasteiger partial charge in [-0.15, -0.1) is 0 Å². The zero-order valence-electron chi connectivity index (χ0n) is 20.2. The molecular weight excluding hydrogens is 1270 g/mol. The fraction of sp³-hybridized carbons (Fsp3) is 0.400. The van der Waals surface area contributed by atoms with Gasteiger partial charge < -0.3 is 4.90 Å². The Balaban J connectivity index is -0.0000000247. The molecule has 0 atom stereocenters. The Morgan fingerprint density at radius 3 is 0.707 bits per heavy atom. The quantitative estimate of drug-likeness (QED) is 0.0990. The van der Waals surface area contributed by atoms with E-state index in [2.05, 4.69) is 43.0 Å². The van der Waals surface area contributed by atoms with Crippen LogP contribution in [0.3, 0.4) is 0 Å². The molecule has 1 aromatic rings. The summed E-state index contributed by atoms with van der Waals surface area (Å²) in [5, 5.41) is 0. The first-order valence-electron chi connectivity index (χ1n) is 7.68. The standard InChI is InChI=1S/C10H15N.6FH.12H2O.6O.6Sb/c1-3-11(4-2)10-8-6-5-7-9-10;;;;;;;;;;;;;;;;;;;;;;;;;;;;;;/h5-9H,3-4H2,1-2H3;6*1H;12*1H2;;;;;;;;;;;;/q;;;;;;;;;;;;;;;;;;;;;;;;;6*+2/p-12. The van der Waals surface area contributed by atoms with E-state index in [4.69, 9.17) is 58.7 Å². The van der Waals surface area contributed by atoms with Gasteiger partial charge in [0.05, 0.1) is 0 Å². The number of anilines is 1. The Bertz CT molecular complexity index is 612. The number of hydrogen-bond acceptors (Lipinski definition) is 7. The van der Waals surface area contributed by atoms with Gasteiger partial charge in [-0.1, -0.05) is 18.2 Å². The van der Waals surface area contributed by atoms with Gasteiger partial charge >= 0.3 is 185 Å². The van der Waals surface area contributed by atoms with Gasteiger partial charge in [0.15, 0.2) is 0 Å². The molecular formula is C10H33F6NO18Sb6. The molecule has 258 valence electrons. The first kappa shape index (κ1) is 78.8. The maximum atomic E-state index is 8.82. The molecule has 19 nitrogen and oxygen atoms in total. The summed E-state index contributed by atoms with van der Waals surface area (Å²) in [5.41, 5.74) is 1.32. The minimum atomic E-state index is -3.70. The van der Waals surface area contributed by atoms with E-state index in [0.717, 1.165) is 13.1 Å². The van der Waals surface area contributed by atoms with E-state index in [1.807, 2.05) is 6.07 Å². The van der Waals surface area contributed by atoms with Gasteiger partial charge in [-0.25, -0.2) is 0 Å². The van der Waals surface area contributed by atoms with Gasteiger partial charge in [0, 0.05) is 18.8 Å². The van der Waals surface area contributed by atoms with Gasteiger partial charge in [0.1, 0.15) is 0 Å². The van der Waals surface area contributed by atoms with Gasteiger partial charge in [0.25, 0.3) is 0 Å². The fourth-order valence-corrected chi connectivity index (χ4v) is 1.23. The molecule has 0 bridgehead atoms. The molecule has 1 rings (SSSR count). The van der Waals surface area contributed by atoms with Gasteiger partial charge in [-0.3, -0.25) is 28.2 Å². The van der Waals surface area contributed by atoms with Crippen molar-refractivity contribution in [3.8, 4) is 0 Å². The fourth-order valence-electron chi connectivity index (χ4n) is 1.23. The second kappa shape index (κ2) is 64.7. The summed E-state index contributed by atoms with van der Waals surface area (Å²) >= 11 is -22.2. The second-order valence-corrected chi connectivity index (χ2v) is 12.7. The Morgan fingerprint density at radius 1 is 0.439 bits per heavy atom. The van der Waals surface area contributed by atoms with Crippen molar-refractivity contribution < 1.29 is 87.0 Å². The zero-order valence-corrected chi connectivity index (χ0v) is 35.5. The monoisotopic (exact) mass is 1290 g/mol. The average molecular weight is 1300 g/mol.